The number of hydrogen-bond donors (Lipinski definition) is 2. The molecule has 2 aromatic heterocycles. The molecule has 0 spiro atoms. The van der Waals surface area contributed by atoms with E-state index in [2.05, 4.69) is 20.3 Å². The summed E-state index contributed by atoms with van der Waals surface area (Å²) >= 11 is 0. The molecule has 0 radical (unpaired) electrons. The van der Waals surface area contributed by atoms with Gasteiger partial charge in [-0.3, -0.25) is 9.78 Å². The normalized spacial score (nSPS) is 10.8. The molecule has 0 saturated heterocycles. The molecule has 0 atom stereocenters. The summed E-state index contributed by atoms with van der Waals surface area (Å²) < 4.78 is 0. The van der Waals surface area contributed by atoms with Crippen molar-refractivity contribution in [2.24, 2.45) is 0 Å². The third-order valence-electron chi connectivity index (χ3n) is 4.21. The molecule has 26 heavy (non-hydrogen) atoms. The highest BCUT2D eigenvalue weighted by Crippen LogP contribution is 2.27. The monoisotopic (exact) mass is 342 g/mol. The number of fused-ring (bicyclic) bond motifs is 1. The number of nitrogens with zero attached hydrogens (tertiary/aromatic N) is 2. The summed E-state index contributed by atoms with van der Waals surface area (Å²) in [6.45, 7) is 0. The van der Waals surface area contributed by atoms with Crippen molar-refractivity contribution >= 4 is 22.6 Å². The minimum Gasteiger partial charge on any atom is -0.338 e. The zero-order chi connectivity index (χ0) is 17.8. The van der Waals surface area contributed by atoms with Crippen molar-refractivity contribution in [2.75, 3.05) is 5.32 Å². The standard InChI is InChI=1S/C21H18N4O/c26-20(12-11-15-6-5-13-22-14-15)23-17-8-2-1-7-16(17)21-24-18-9-3-4-10-19(18)25-21/h1-10,13-14H,11-12H2,(H,23,26)(H,24,25). The number of carbonyl (C=O) groups is 1. The summed E-state index contributed by atoms with van der Waals surface area (Å²) in [6, 6.07) is 19.4. The lowest BCUT2D eigenvalue weighted by atomic mass is 10.1. The summed E-state index contributed by atoms with van der Waals surface area (Å²) in [4.78, 5) is 24.4. The van der Waals surface area contributed by atoms with Gasteiger partial charge in [0.1, 0.15) is 5.82 Å². The molecule has 0 unspecified atom stereocenters. The lowest BCUT2D eigenvalue weighted by molar-refractivity contribution is -0.116. The summed E-state index contributed by atoms with van der Waals surface area (Å²) in [5.41, 5.74) is 4.55. The first-order chi connectivity index (χ1) is 12.8. The van der Waals surface area contributed by atoms with Gasteiger partial charge in [0.15, 0.2) is 0 Å². The number of benzene rings is 2. The van der Waals surface area contributed by atoms with E-state index < -0.39 is 0 Å². The van der Waals surface area contributed by atoms with Gasteiger partial charge >= 0.3 is 0 Å². The average Bonchev–Trinajstić information content (AvgIpc) is 3.12. The molecule has 4 aromatic rings. The van der Waals surface area contributed by atoms with Crippen LogP contribution in [-0.2, 0) is 11.2 Å². The minimum atomic E-state index is -0.0302. The number of nitrogens with one attached hydrogen (secondary N) is 2. The second-order valence-electron chi connectivity index (χ2n) is 6.06. The van der Waals surface area contributed by atoms with Crippen LogP contribution in [0.1, 0.15) is 12.0 Å². The first kappa shape index (κ1) is 16.0. The molecule has 2 heterocycles. The zero-order valence-corrected chi connectivity index (χ0v) is 14.1. The van der Waals surface area contributed by atoms with Gasteiger partial charge in [-0.2, -0.15) is 0 Å². The molecule has 0 aliphatic heterocycles. The van der Waals surface area contributed by atoms with Crippen molar-refractivity contribution < 1.29 is 4.79 Å². The van der Waals surface area contributed by atoms with Gasteiger partial charge in [-0.1, -0.05) is 30.3 Å². The van der Waals surface area contributed by atoms with Crippen molar-refractivity contribution in [3.05, 3.63) is 78.6 Å². The van der Waals surface area contributed by atoms with Gasteiger partial charge in [-0.05, 0) is 42.3 Å². The van der Waals surface area contributed by atoms with Crippen molar-refractivity contribution in [3.8, 4) is 11.4 Å². The van der Waals surface area contributed by atoms with Crippen LogP contribution in [0.15, 0.2) is 73.1 Å². The summed E-state index contributed by atoms with van der Waals surface area (Å²) in [5.74, 6) is 0.715. The van der Waals surface area contributed by atoms with Gasteiger partial charge in [0.25, 0.3) is 0 Å². The van der Waals surface area contributed by atoms with Crippen LogP contribution in [0.25, 0.3) is 22.4 Å². The molecule has 128 valence electrons. The second-order valence-corrected chi connectivity index (χ2v) is 6.06. The number of anilines is 1. The fraction of sp³-hybridized carbons (Fsp3) is 0.0952. The largest absolute Gasteiger partial charge is 0.338 e. The van der Waals surface area contributed by atoms with Crippen LogP contribution in [0.5, 0.6) is 0 Å². The van der Waals surface area contributed by atoms with E-state index in [0.29, 0.717) is 12.8 Å². The Kier molecular flexibility index (Phi) is 4.43. The fourth-order valence-electron chi connectivity index (χ4n) is 2.90. The summed E-state index contributed by atoms with van der Waals surface area (Å²) in [7, 11) is 0. The van der Waals surface area contributed by atoms with Crippen LogP contribution in [0.3, 0.4) is 0 Å². The molecule has 2 N–H and O–H groups in total. The van der Waals surface area contributed by atoms with Gasteiger partial charge in [-0.25, -0.2) is 4.98 Å². The molecule has 0 bridgehead atoms. The van der Waals surface area contributed by atoms with Crippen molar-refractivity contribution in [1.82, 2.24) is 15.0 Å². The Bertz CT molecular complexity index is 1010. The number of para-hydroxylation sites is 3. The van der Waals surface area contributed by atoms with E-state index in [9.17, 15) is 4.79 Å². The molecule has 0 aliphatic carbocycles. The van der Waals surface area contributed by atoms with E-state index in [1.165, 1.54) is 0 Å². The average molecular weight is 342 g/mol. The van der Waals surface area contributed by atoms with E-state index in [-0.39, 0.29) is 5.91 Å². The van der Waals surface area contributed by atoms with Gasteiger partial charge in [0, 0.05) is 24.4 Å². The number of pyridine rings is 1. The minimum absolute atomic E-state index is 0.0302. The van der Waals surface area contributed by atoms with Gasteiger partial charge in [0.05, 0.1) is 16.7 Å². The predicted molar refractivity (Wildman–Crippen MR) is 103 cm³/mol. The number of H-pyrrole nitrogens is 1. The second kappa shape index (κ2) is 7.19. The topological polar surface area (TPSA) is 70.7 Å². The Morgan fingerprint density at radius 2 is 1.85 bits per heavy atom. The van der Waals surface area contributed by atoms with E-state index in [1.54, 1.807) is 12.4 Å². The third kappa shape index (κ3) is 3.47. The highest BCUT2D eigenvalue weighted by molar-refractivity contribution is 5.95. The number of aryl methyl sites for hydroxylation is 1. The summed E-state index contributed by atoms with van der Waals surface area (Å²) in [5, 5.41) is 3.00. The van der Waals surface area contributed by atoms with Gasteiger partial charge in [-0.15, -0.1) is 0 Å². The smallest absolute Gasteiger partial charge is 0.224 e. The predicted octanol–water partition coefficient (Wildman–Crippen LogP) is 4.20. The number of aromatic amines is 1. The molecular weight excluding hydrogens is 324 g/mol. The van der Waals surface area contributed by atoms with Crippen LogP contribution in [-0.4, -0.2) is 20.9 Å². The van der Waals surface area contributed by atoms with E-state index >= 15 is 0 Å². The zero-order valence-electron chi connectivity index (χ0n) is 14.1. The van der Waals surface area contributed by atoms with Gasteiger partial charge < -0.3 is 10.3 Å². The van der Waals surface area contributed by atoms with Crippen molar-refractivity contribution in [1.29, 1.82) is 0 Å². The maximum absolute atomic E-state index is 12.4. The molecule has 0 aliphatic rings. The maximum Gasteiger partial charge on any atom is 0.224 e. The molecule has 5 nitrogen and oxygen atoms in total. The number of rotatable bonds is 5. The molecule has 1 amide bonds. The van der Waals surface area contributed by atoms with Crippen molar-refractivity contribution in [2.45, 2.75) is 12.8 Å². The Morgan fingerprint density at radius 1 is 1.00 bits per heavy atom. The molecular formula is C21H18N4O. The Morgan fingerprint density at radius 3 is 2.69 bits per heavy atom. The van der Waals surface area contributed by atoms with Crippen LogP contribution < -0.4 is 5.32 Å². The Labute approximate surface area is 151 Å². The Balaban J connectivity index is 1.53. The van der Waals surface area contributed by atoms with E-state index in [4.69, 9.17) is 0 Å². The Hall–Kier alpha value is -3.47. The first-order valence-corrected chi connectivity index (χ1v) is 8.52. The van der Waals surface area contributed by atoms with E-state index in [0.717, 1.165) is 33.7 Å². The highest BCUT2D eigenvalue weighted by Gasteiger charge is 2.11. The molecule has 2 aromatic carbocycles. The lowest BCUT2D eigenvalue weighted by Gasteiger charge is -2.09. The number of aromatic nitrogens is 3. The van der Waals surface area contributed by atoms with Crippen LogP contribution >= 0.6 is 0 Å². The van der Waals surface area contributed by atoms with Crippen LogP contribution in [0.4, 0.5) is 5.69 Å². The first-order valence-electron chi connectivity index (χ1n) is 8.52. The number of carbonyl (C=O) groups excluding carboxylic acids is 1. The molecule has 5 heteroatoms. The third-order valence-corrected chi connectivity index (χ3v) is 4.21. The van der Waals surface area contributed by atoms with Crippen molar-refractivity contribution in [3.63, 3.8) is 0 Å². The summed E-state index contributed by atoms with van der Waals surface area (Å²) in [6.07, 6.45) is 4.58. The number of amides is 1. The lowest BCUT2D eigenvalue weighted by Crippen LogP contribution is -2.13. The highest BCUT2D eigenvalue weighted by atomic mass is 16.1. The fourth-order valence-corrected chi connectivity index (χ4v) is 2.90. The number of hydrogen-bond acceptors (Lipinski definition) is 3. The SMILES string of the molecule is O=C(CCc1cccnc1)Nc1ccccc1-c1nc2ccccc2[nH]1. The quantitative estimate of drug-likeness (QED) is 0.571. The van der Waals surface area contributed by atoms with E-state index in [1.807, 2.05) is 60.7 Å². The van der Waals surface area contributed by atoms with Crippen LogP contribution in [0.2, 0.25) is 0 Å². The maximum atomic E-state index is 12.4. The van der Waals surface area contributed by atoms with Gasteiger partial charge in [0.2, 0.25) is 5.91 Å². The molecule has 4 rings (SSSR count). The molecule has 0 fully saturated rings. The number of imidazole rings is 1. The van der Waals surface area contributed by atoms with Crippen LogP contribution in [0, 0.1) is 0 Å². The molecule has 0 saturated carbocycles.